The lowest BCUT2D eigenvalue weighted by Gasteiger charge is -2.12. The third-order valence-corrected chi connectivity index (χ3v) is 6.44. The van der Waals surface area contributed by atoms with Crippen molar-refractivity contribution in [2.75, 3.05) is 0 Å². The molecule has 0 bridgehead atoms. The largest absolute Gasteiger partial charge is 0.416 e. The minimum atomic E-state index is -4.46. The summed E-state index contributed by atoms with van der Waals surface area (Å²) in [5.74, 6) is -0.605. The predicted octanol–water partition coefficient (Wildman–Crippen LogP) is 7.73. The van der Waals surface area contributed by atoms with Gasteiger partial charge in [-0.25, -0.2) is 0 Å². The highest BCUT2D eigenvalue weighted by atomic mass is 35.5. The van der Waals surface area contributed by atoms with Gasteiger partial charge in [0.15, 0.2) is 0 Å². The maximum absolute atomic E-state index is 13.3. The smallest absolute Gasteiger partial charge is 0.366 e. The Kier molecular flexibility index (Phi) is 5.74. The standard InChI is InChI=1S/C27H16Cl2F3N2O/c28-18-8-10-19(22(29)13-18)16-7-9-20-24(12-16)34(23-6-2-5-21(25(20)23)26(33)35)14-15-3-1-4-17(11-15)27(30,31)32/h1-8,10-13H,14H2,(H2,33,35). The number of hydrogen-bond donors (Lipinski definition) is 1. The molecule has 5 rings (SSSR count). The molecule has 2 N–H and O–H groups in total. The number of fused-ring (bicyclic) bond motifs is 3. The zero-order valence-corrected chi connectivity index (χ0v) is 19.5. The second kappa shape index (κ2) is 8.63. The summed E-state index contributed by atoms with van der Waals surface area (Å²) in [6.07, 6.45) is -4.46. The Balaban J connectivity index is 1.77. The second-order valence-electron chi connectivity index (χ2n) is 8.12. The van der Waals surface area contributed by atoms with E-state index in [2.05, 4.69) is 6.07 Å². The molecular formula is C27H16Cl2F3N2O. The highest BCUT2D eigenvalue weighted by molar-refractivity contribution is 6.36. The lowest BCUT2D eigenvalue weighted by atomic mass is 10.0. The molecule has 1 radical (unpaired) electrons. The van der Waals surface area contributed by atoms with E-state index in [0.29, 0.717) is 43.0 Å². The molecule has 1 aromatic heterocycles. The van der Waals surface area contributed by atoms with Crippen LogP contribution in [0.25, 0.3) is 32.9 Å². The number of nitrogens with zero attached hydrogens (tertiary/aromatic N) is 1. The number of rotatable bonds is 4. The quantitative estimate of drug-likeness (QED) is 0.263. The molecule has 3 nitrogen and oxygen atoms in total. The summed E-state index contributed by atoms with van der Waals surface area (Å²) in [4.78, 5) is 12.2. The van der Waals surface area contributed by atoms with Gasteiger partial charge in [0.05, 0.1) is 16.6 Å². The summed E-state index contributed by atoms with van der Waals surface area (Å²) in [5.41, 5.74) is 8.47. The topological polar surface area (TPSA) is 48.0 Å². The maximum Gasteiger partial charge on any atom is 0.416 e. The Morgan fingerprint density at radius 1 is 0.971 bits per heavy atom. The Morgan fingerprint density at radius 3 is 2.46 bits per heavy atom. The van der Waals surface area contributed by atoms with Crippen molar-refractivity contribution in [3.8, 4) is 11.1 Å². The van der Waals surface area contributed by atoms with Crippen LogP contribution in [-0.4, -0.2) is 10.5 Å². The van der Waals surface area contributed by atoms with Gasteiger partial charge in [-0.1, -0.05) is 47.5 Å². The van der Waals surface area contributed by atoms with Gasteiger partial charge in [-0.05, 0) is 65.7 Å². The molecule has 0 fully saturated rings. The van der Waals surface area contributed by atoms with Crippen LogP contribution in [0.15, 0.2) is 72.8 Å². The number of halogens is 5. The Morgan fingerprint density at radius 2 is 1.74 bits per heavy atom. The molecule has 0 aliphatic carbocycles. The van der Waals surface area contributed by atoms with E-state index in [9.17, 15) is 18.0 Å². The van der Waals surface area contributed by atoms with E-state index in [1.165, 1.54) is 6.07 Å². The van der Waals surface area contributed by atoms with E-state index >= 15 is 0 Å². The van der Waals surface area contributed by atoms with E-state index in [0.717, 1.165) is 23.3 Å². The highest BCUT2D eigenvalue weighted by Gasteiger charge is 2.30. The van der Waals surface area contributed by atoms with Crippen molar-refractivity contribution in [2.24, 2.45) is 5.73 Å². The monoisotopic (exact) mass is 511 g/mol. The third kappa shape index (κ3) is 4.24. The molecule has 0 aliphatic heterocycles. The number of primary amides is 1. The van der Waals surface area contributed by atoms with Gasteiger partial charge >= 0.3 is 6.18 Å². The van der Waals surface area contributed by atoms with Gasteiger partial charge in [-0.3, -0.25) is 4.79 Å². The fourth-order valence-corrected chi connectivity index (χ4v) is 4.86. The van der Waals surface area contributed by atoms with Crippen LogP contribution in [0, 0.1) is 6.07 Å². The normalized spacial score (nSPS) is 11.9. The van der Waals surface area contributed by atoms with Gasteiger partial charge in [0.2, 0.25) is 5.91 Å². The van der Waals surface area contributed by atoms with Crippen molar-refractivity contribution in [1.29, 1.82) is 0 Å². The van der Waals surface area contributed by atoms with Gasteiger partial charge < -0.3 is 10.3 Å². The number of alkyl halides is 3. The second-order valence-corrected chi connectivity index (χ2v) is 8.96. The van der Waals surface area contributed by atoms with E-state index in [4.69, 9.17) is 28.9 Å². The number of carbonyl (C=O) groups is 1. The van der Waals surface area contributed by atoms with E-state index < -0.39 is 17.6 Å². The summed E-state index contributed by atoms with van der Waals surface area (Å²) >= 11 is 12.5. The van der Waals surface area contributed by atoms with Gasteiger partial charge in [0.25, 0.3) is 0 Å². The van der Waals surface area contributed by atoms with Crippen LogP contribution >= 0.6 is 23.2 Å². The molecule has 0 spiro atoms. The highest BCUT2D eigenvalue weighted by Crippen LogP contribution is 2.37. The first-order valence-corrected chi connectivity index (χ1v) is 11.3. The molecular weight excluding hydrogens is 496 g/mol. The number of benzene rings is 4. The molecule has 8 heteroatoms. The van der Waals surface area contributed by atoms with Gasteiger partial charge in [0, 0.05) is 38.5 Å². The Labute approximate surface area is 208 Å². The minimum absolute atomic E-state index is 0.137. The van der Waals surface area contributed by atoms with Gasteiger partial charge in [-0.15, -0.1) is 0 Å². The van der Waals surface area contributed by atoms with Crippen LogP contribution in [-0.2, 0) is 12.7 Å². The summed E-state index contributed by atoms with van der Waals surface area (Å²) in [6.45, 7) is 0.137. The number of hydrogen-bond acceptors (Lipinski definition) is 1. The predicted molar refractivity (Wildman–Crippen MR) is 133 cm³/mol. The Hall–Kier alpha value is -3.48. The molecule has 0 aliphatic rings. The lowest BCUT2D eigenvalue weighted by molar-refractivity contribution is -0.137. The fourth-order valence-electron chi connectivity index (χ4n) is 4.34. The van der Waals surface area contributed by atoms with Crippen LogP contribution in [0.3, 0.4) is 0 Å². The van der Waals surface area contributed by atoms with E-state index in [1.54, 1.807) is 48.5 Å². The SMILES string of the molecule is NC(=O)c1cccc2c1c1[c]cc(-c3ccc(Cl)cc3Cl)cc1n2Cc1cccc(C(F)(F)F)c1. The molecule has 0 atom stereocenters. The molecule has 0 saturated heterocycles. The van der Waals surface area contributed by atoms with Crippen molar-refractivity contribution >= 4 is 50.9 Å². The molecule has 4 aromatic carbocycles. The van der Waals surface area contributed by atoms with E-state index in [1.807, 2.05) is 10.6 Å². The van der Waals surface area contributed by atoms with Crippen LogP contribution in [0.4, 0.5) is 13.2 Å². The van der Waals surface area contributed by atoms with Crippen LogP contribution in [0.1, 0.15) is 21.5 Å². The molecule has 1 heterocycles. The molecule has 5 aromatic rings. The molecule has 175 valence electrons. The van der Waals surface area contributed by atoms with Crippen molar-refractivity contribution in [3.63, 3.8) is 0 Å². The molecule has 1 amide bonds. The number of amides is 1. The van der Waals surface area contributed by atoms with Gasteiger partial charge in [0.1, 0.15) is 0 Å². The van der Waals surface area contributed by atoms with Crippen molar-refractivity contribution in [1.82, 2.24) is 4.57 Å². The minimum Gasteiger partial charge on any atom is -0.366 e. The van der Waals surface area contributed by atoms with Crippen molar-refractivity contribution in [2.45, 2.75) is 12.7 Å². The number of nitrogens with two attached hydrogens (primary N) is 1. The maximum atomic E-state index is 13.3. The number of carbonyl (C=O) groups excluding carboxylic acids is 1. The lowest BCUT2D eigenvalue weighted by Crippen LogP contribution is -2.11. The summed E-state index contributed by atoms with van der Waals surface area (Å²) in [6, 6.07) is 22.3. The first-order chi connectivity index (χ1) is 16.6. The summed E-state index contributed by atoms with van der Waals surface area (Å²) in [7, 11) is 0. The summed E-state index contributed by atoms with van der Waals surface area (Å²) in [5, 5.41) is 2.17. The van der Waals surface area contributed by atoms with Crippen LogP contribution < -0.4 is 5.73 Å². The Bertz CT molecular complexity index is 1620. The zero-order chi connectivity index (χ0) is 24.9. The summed E-state index contributed by atoms with van der Waals surface area (Å²) < 4.78 is 41.8. The zero-order valence-electron chi connectivity index (χ0n) is 18.0. The average molecular weight is 512 g/mol. The van der Waals surface area contributed by atoms with Crippen LogP contribution in [0.5, 0.6) is 0 Å². The molecule has 35 heavy (non-hydrogen) atoms. The first kappa shape index (κ1) is 23.3. The van der Waals surface area contributed by atoms with E-state index in [-0.39, 0.29) is 6.54 Å². The average Bonchev–Trinajstić information content (AvgIpc) is 3.11. The number of aromatic nitrogens is 1. The molecule has 0 unspecified atom stereocenters. The fraction of sp³-hybridized carbons (Fsp3) is 0.0741. The van der Waals surface area contributed by atoms with Gasteiger partial charge in [-0.2, -0.15) is 13.2 Å². The first-order valence-electron chi connectivity index (χ1n) is 10.5. The third-order valence-electron chi connectivity index (χ3n) is 5.90. The van der Waals surface area contributed by atoms with Crippen molar-refractivity contribution < 1.29 is 18.0 Å². The molecule has 0 saturated carbocycles. The van der Waals surface area contributed by atoms with Crippen molar-refractivity contribution in [3.05, 3.63) is 106 Å². The van der Waals surface area contributed by atoms with Crippen LogP contribution in [0.2, 0.25) is 10.0 Å².